The van der Waals surface area contributed by atoms with Crippen molar-refractivity contribution in [3.05, 3.63) is 100 Å². The van der Waals surface area contributed by atoms with E-state index in [-0.39, 0.29) is 5.92 Å². The zero-order valence-electron chi connectivity index (χ0n) is 11.6. The summed E-state index contributed by atoms with van der Waals surface area (Å²) in [6.07, 6.45) is 0. The smallest absolute Gasteiger partial charge is 0.0371 e. The van der Waals surface area contributed by atoms with Crippen molar-refractivity contribution < 1.29 is 0 Å². The Labute approximate surface area is 172 Å². The molecule has 0 aliphatic heterocycles. The van der Waals surface area contributed by atoms with Gasteiger partial charge in [0.1, 0.15) is 0 Å². The van der Waals surface area contributed by atoms with Crippen LogP contribution in [0.15, 0.2) is 72.8 Å². The molecule has 0 saturated carbocycles. The fourth-order valence-electron chi connectivity index (χ4n) is 2.63. The van der Waals surface area contributed by atoms with Crippen molar-refractivity contribution in [1.29, 1.82) is 0 Å². The van der Waals surface area contributed by atoms with Crippen LogP contribution in [0, 0.1) is 10.7 Å². The fourth-order valence-corrected chi connectivity index (χ4v) is 4.73. The quantitative estimate of drug-likeness (QED) is 0.226. The molecule has 0 fully saturated rings. The molecule has 0 heterocycles. The molecular weight excluding hydrogens is 609 g/mol. The van der Waals surface area contributed by atoms with Gasteiger partial charge in [0.25, 0.3) is 0 Å². The maximum atomic E-state index is 2.45. The molecule has 0 amide bonds. The third-order valence-electron chi connectivity index (χ3n) is 3.65. The Bertz CT molecular complexity index is 688. The third-order valence-corrected chi connectivity index (χ3v) is 6.60. The van der Waals surface area contributed by atoms with Gasteiger partial charge in [-0.2, -0.15) is 0 Å². The lowest BCUT2D eigenvalue weighted by Crippen LogP contribution is -2.08. The Morgan fingerprint density at radius 1 is 0.455 bits per heavy atom. The lowest BCUT2D eigenvalue weighted by atomic mass is 9.85. The Morgan fingerprint density at radius 3 is 1.00 bits per heavy atom. The van der Waals surface area contributed by atoms with E-state index in [4.69, 9.17) is 0 Å². The highest BCUT2D eigenvalue weighted by Gasteiger charge is 2.22. The number of benzene rings is 3. The minimum atomic E-state index is 0.272. The molecule has 3 aromatic carbocycles. The van der Waals surface area contributed by atoms with Crippen molar-refractivity contribution in [3.63, 3.8) is 0 Å². The van der Waals surface area contributed by atoms with Gasteiger partial charge in [-0.15, -0.1) is 0 Å². The van der Waals surface area contributed by atoms with Gasteiger partial charge in [0, 0.05) is 16.6 Å². The van der Waals surface area contributed by atoms with Crippen LogP contribution in [0.4, 0.5) is 0 Å². The summed E-state index contributed by atoms with van der Waals surface area (Å²) in [6.45, 7) is 0. The monoisotopic (exact) mass is 622 g/mol. The van der Waals surface area contributed by atoms with Crippen LogP contribution in [0.2, 0.25) is 0 Å². The van der Waals surface area contributed by atoms with Gasteiger partial charge in [0.15, 0.2) is 0 Å². The molecule has 0 unspecified atom stereocenters. The molecule has 0 spiro atoms. The average Bonchev–Trinajstić information content (AvgIpc) is 2.53. The fraction of sp³-hybridized carbons (Fsp3) is 0.0526. The molecule has 0 aliphatic carbocycles. The SMILES string of the molecule is Ic1ccccc1C(c1ccccc1I)c1ccccc1I. The molecule has 3 aromatic rings. The molecular formula is C19H13I3. The van der Waals surface area contributed by atoms with Gasteiger partial charge in [-0.05, 0) is 103 Å². The van der Waals surface area contributed by atoms with Crippen LogP contribution in [0.25, 0.3) is 0 Å². The molecule has 0 bridgehead atoms. The van der Waals surface area contributed by atoms with Crippen molar-refractivity contribution in [3.8, 4) is 0 Å². The third kappa shape index (κ3) is 3.51. The Morgan fingerprint density at radius 2 is 0.727 bits per heavy atom. The van der Waals surface area contributed by atoms with Crippen LogP contribution < -0.4 is 0 Å². The van der Waals surface area contributed by atoms with Crippen LogP contribution in [0.5, 0.6) is 0 Å². The summed E-state index contributed by atoms with van der Waals surface area (Å²) in [5.74, 6) is 0.272. The maximum Gasteiger partial charge on any atom is 0.0371 e. The minimum absolute atomic E-state index is 0.272. The first-order valence-corrected chi connectivity index (χ1v) is 10.2. The minimum Gasteiger partial charge on any atom is -0.0619 e. The van der Waals surface area contributed by atoms with Crippen molar-refractivity contribution in [2.45, 2.75) is 5.92 Å². The summed E-state index contributed by atoms with van der Waals surface area (Å²) >= 11 is 7.34. The van der Waals surface area contributed by atoms with E-state index in [0.29, 0.717) is 0 Å². The van der Waals surface area contributed by atoms with Crippen LogP contribution in [-0.2, 0) is 0 Å². The summed E-state index contributed by atoms with van der Waals surface area (Å²) in [5, 5.41) is 0. The highest BCUT2D eigenvalue weighted by molar-refractivity contribution is 14.1. The second-order valence-electron chi connectivity index (χ2n) is 5.00. The second kappa shape index (κ2) is 7.61. The van der Waals surface area contributed by atoms with Gasteiger partial charge in [0.05, 0.1) is 0 Å². The Kier molecular flexibility index (Phi) is 5.78. The molecule has 0 N–H and O–H groups in total. The van der Waals surface area contributed by atoms with E-state index in [1.54, 1.807) is 0 Å². The molecule has 0 saturated heterocycles. The van der Waals surface area contributed by atoms with Crippen molar-refractivity contribution in [2.75, 3.05) is 0 Å². The number of halogens is 3. The average molecular weight is 622 g/mol. The number of hydrogen-bond donors (Lipinski definition) is 0. The molecule has 0 radical (unpaired) electrons. The summed E-state index contributed by atoms with van der Waals surface area (Å²) in [7, 11) is 0. The first-order chi connectivity index (χ1) is 10.7. The number of hydrogen-bond acceptors (Lipinski definition) is 0. The van der Waals surface area contributed by atoms with Crippen LogP contribution in [0.1, 0.15) is 22.6 Å². The maximum absolute atomic E-state index is 2.45. The van der Waals surface area contributed by atoms with Gasteiger partial charge in [-0.3, -0.25) is 0 Å². The van der Waals surface area contributed by atoms with Crippen LogP contribution >= 0.6 is 67.8 Å². The molecule has 0 nitrogen and oxygen atoms in total. The Balaban J connectivity index is 2.27. The standard InChI is InChI=1S/C19H13I3/c20-16-10-4-1-7-13(16)19(14-8-2-5-11-17(14)21)15-9-3-6-12-18(15)22/h1-12,19H. The largest absolute Gasteiger partial charge is 0.0619 e. The first kappa shape index (κ1) is 16.7. The van der Waals surface area contributed by atoms with Crippen molar-refractivity contribution in [2.24, 2.45) is 0 Å². The molecule has 22 heavy (non-hydrogen) atoms. The van der Waals surface area contributed by atoms with Gasteiger partial charge in [-0.1, -0.05) is 54.6 Å². The van der Waals surface area contributed by atoms with Crippen LogP contribution in [-0.4, -0.2) is 0 Å². The summed E-state index contributed by atoms with van der Waals surface area (Å²) in [6, 6.07) is 26.0. The normalized spacial score (nSPS) is 10.9. The lowest BCUT2D eigenvalue weighted by Gasteiger charge is -2.22. The highest BCUT2D eigenvalue weighted by atomic mass is 127. The Hall–Kier alpha value is -0.150. The van der Waals surface area contributed by atoms with Gasteiger partial charge >= 0.3 is 0 Å². The number of rotatable bonds is 3. The summed E-state index contributed by atoms with van der Waals surface area (Å²) in [4.78, 5) is 0. The van der Waals surface area contributed by atoms with Crippen molar-refractivity contribution >= 4 is 67.8 Å². The van der Waals surface area contributed by atoms with E-state index in [0.717, 1.165) is 0 Å². The first-order valence-electron chi connectivity index (χ1n) is 6.92. The van der Waals surface area contributed by atoms with Crippen molar-refractivity contribution in [1.82, 2.24) is 0 Å². The molecule has 3 heteroatoms. The summed E-state index contributed by atoms with van der Waals surface area (Å²) in [5.41, 5.74) is 4.11. The van der Waals surface area contributed by atoms with Gasteiger partial charge in [0.2, 0.25) is 0 Å². The molecule has 0 atom stereocenters. The highest BCUT2D eigenvalue weighted by Crippen LogP contribution is 2.38. The zero-order chi connectivity index (χ0) is 15.5. The van der Waals surface area contributed by atoms with E-state index in [2.05, 4.69) is 141 Å². The van der Waals surface area contributed by atoms with E-state index in [1.165, 1.54) is 27.4 Å². The van der Waals surface area contributed by atoms with E-state index >= 15 is 0 Å². The predicted molar refractivity (Wildman–Crippen MR) is 118 cm³/mol. The van der Waals surface area contributed by atoms with E-state index < -0.39 is 0 Å². The van der Waals surface area contributed by atoms with Gasteiger partial charge in [-0.25, -0.2) is 0 Å². The van der Waals surface area contributed by atoms with E-state index in [9.17, 15) is 0 Å². The van der Waals surface area contributed by atoms with E-state index in [1.807, 2.05) is 0 Å². The predicted octanol–water partition coefficient (Wildman–Crippen LogP) is 6.68. The molecule has 3 rings (SSSR count). The second-order valence-corrected chi connectivity index (χ2v) is 8.48. The molecule has 0 aromatic heterocycles. The van der Waals surface area contributed by atoms with Gasteiger partial charge < -0.3 is 0 Å². The lowest BCUT2D eigenvalue weighted by molar-refractivity contribution is 0.953. The van der Waals surface area contributed by atoms with Crippen LogP contribution in [0.3, 0.4) is 0 Å². The molecule has 110 valence electrons. The topological polar surface area (TPSA) is 0 Å². The summed E-state index contributed by atoms with van der Waals surface area (Å²) < 4.78 is 3.93. The molecule has 0 aliphatic rings. The zero-order valence-corrected chi connectivity index (χ0v) is 18.1.